The van der Waals surface area contributed by atoms with E-state index in [1.54, 1.807) is 17.9 Å². The summed E-state index contributed by atoms with van der Waals surface area (Å²) in [6.07, 6.45) is 0.772. The van der Waals surface area contributed by atoms with Crippen molar-refractivity contribution in [3.63, 3.8) is 0 Å². The highest BCUT2D eigenvalue weighted by molar-refractivity contribution is 6.04. The molecule has 0 unspecified atom stereocenters. The molecule has 0 saturated heterocycles. The topological polar surface area (TPSA) is 46.3 Å². The highest BCUT2D eigenvalue weighted by Gasteiger charge is 2.21. The normalized spacial score (nSPS) is 10.5. The molecule has 3 rings (SSSR count). The lowest BCUT2D eigenvalue weighted by atomic mass is 10.1. The first-order valence-electron chi connectivity index (χ1n) is 7.58. The van der Waals surface area contributed by atoms with Crippen LogP contribution in [0.2, 0.25) is 0 Å². The molecule has 0 aliphatic carbocycles. The van der Waals surface area contributed by atoms with Gasteiger partial charge >= 0.3 is 0 Å². The van der Waals surface area contributed by atoms with E-state index >= 15 is 0 Å². The Morgan fingerprint density at radius 3 is 2.30 bits per heavy atom. The van der Waals surface area contributed by atoms with E-state index in [0.717, 1.165) is 12.1 Å². The largest absolute Gasteiger partial charge is 0.351 e. The van der Waals surface area contributed by atoms with Crippen molar-refractivity contribution in [3.05, 3.63) is 83.7 Å². The Morgan fingerprint density at radius 2 is 1.70 bits per heavy atom. The first kappa shape index (κ1) is 15.0. The summed E-state index contributed by atoms with van der Waals surface area (Å²) >= 11 is 0. The van der Waals surface area contributed by atoms with E-state index in [-0.39, 0.29) is 11.7 Å². The second-order valence-electron chi connectivity index (χ2n) is 5.36. The quantitative estimate of drug-likeness (QED) is 0.719. The SMILES string of the molecule is Cc1cc(C(=O)N(CCc2ccccc2)c2ccccc2)on1. The molecule has 0 fully saturated rings. The minimum absolute atomic E-state index is 0.173. The zero-order valence-electron chi connectivity index (χ0n) is 13.0. The van der Waals surface area contributed by atoms with Gasteiger partial charge in [0.2, 0.25) is 5.76 Å². The fraction of sp³-hybridized carbons (Fsp3) is 0.158. The maximum absolute atomic E-state index is 12.8. The molecule has 0 spiro atoms. The predicted molar refractivity (Wildman–Crippen MR) is 89.5 cm³/mol. The molecular formula is C19H18N2O2. The van der Waals surface area contributed by atoms with Crippen LogP contribution in [0.4, 0.5) is 5.69 Å². The van der Waals surface area contributed by atoms with Gasteiger partial charge in [-0.1, -0.05) is 53.7 Å². The van der Waals surface area contributed by atoms with Crippen molar-refractivity contribution in [1.82, 2.24) is 5.16 Å². The molecule has 4 heteroatoms. The smallest absolute Gasteiger partial charge is 0.296 e. The summed E-state index contributed by atoms with van der Waals surface area (Å²) in [4.78, 5) is 14.5. The van der Waals surface area contributed by atoms with Crippen LogP contribution in [0.15, 0.2) is 71.3 Å². The molecule has 0 aliphatic rings. The van der Waals surface area contributed by atoms with Crippen molar-refractivity contribution in [2.45, 2.75) is 13.3 Å². The predicted octanol–water partition coefficient (Wildman–Crippen LogP) is 3.87. The lowest BCUT2D eigenvalue weighted by Crippen LogP contribution is -2.32. The fourth-order valence-electron chi connectivity index (χ4n) is 2.44. The van der Waals surface area contributed by atoms with E-state index in [2.05, 4.69) is 17.3 Å². The summed E-state index contributed by atoms with van der Waals surface area (Å²) < 4.78 is 5.14. The van der Waals surface area contributed by atoms with Crippen LogP contribution in [0.25, 0.3) is 0 Å². The van der Waals surface area contributed by atoms with E-state index in [9.17, 15) is 4.79 Å². The summed E-state index contributed by atoms with van der Waals surface area (Å²) in [5.41, 5.74) is 2.74. The minimum atomic E-state index is -0.173. The van der Waals surface area contributed by atoms with Gasteiger partial charge in [0.15, 0.2) is 0 Å². The van der Waals surface area contributed by atoms with Crippen LogP contribution in [0.5, 0.6) is 0 Å². The first-order chi connectivity index (χ1) is 11.2. The summed E-state index contributed by atoms with van der Waals surface area (Å²) in [7, 11) is 0. The second-order valence-corrected chi connectivity index (χ2v) is 5.36. The third-order valence-corrected chi connectivity index (χ3v) is 3.62. The molecule has 0 saturated carbocycles. The molecular weight excluding hydrogens is 288 g/mol. The van der Waals surface area contributed by atoms with Crippen LogP contribution in [0, 0.1) is 6.92 Å². The van der Waals surface area contributed by atoms with Gasteiger partial charge in [-0.3, -0.25) is 4.79 Å². The van der Waals surface area contributed by atoms with Gasteiger partial charge in [0.05, 0.1) is 5.69 Å². The maximum Gasteiger partial charge on any atom is 0.296 e. The van der Waals surface area contributed by atoms with Gasteiger partial charge in [-0.25, -0.2) is 0 Å². The lowest BCUT2D eigenvalue weighted by Gasteiger charge is -2.21. The van der Waals surface area contributed by atoms with Crippen LogP contribution in [-0.2, 0) is 6.42 Å². The number of rotatable bonds is 5. The molecule has 1 heterocycles. The summed E-state index contributed by atoms with van der Waals surface area (Å²) in [6.45, 7) is 2.38. The van der Waals surface area contributed by atoms with Gasteiger partial charge in [0, 0.05) is 18.3 Å². The highest BCUT2D eigenvalue weighted by Crippen LogP contribution is 2.18. The number of nitrogens with zero attached hydrogens (tertiary/aromatic N) is 2. The Morgan fingerprint density at radius 1 is 1.04 bits per heavy atom. The number of carbonyl (C=O) groups excluding carboxylic acids is 1. The first-order valence-corrected chi connectivity index (χ1v) is 7.58. The molecule has 116 valence electrons. The van der Waals surface area contributed by atoms with Gasteiger partial charge in [-0.15, -0.1) is 0 Å². The van der Waals surface area contributed by atoms with Crippen molar-refractivity contribution < 1.29 is 9.32 Å². The molecule has 1 amide bonds. The standard InChI is InChI=1S/C19H18N2O2/c1-15-14-18(23-20-15)19(22)21(17-10-6-3-7-11-17)13-12-16-8-4-2-5-9-16/h2-11,14H,12-13H2,1H3. The van der Waals surface area contributed by atoms with Crippen LogP contribution in [0.3, 0.4) is 0 Å². The molecule has 4 nitrogen and oxygen atoms in total. The average Bonchev–Trinajstić information content (AvgIpc) is 3.03. The lowest BCUT2D eigenvalue weighted by molar-refractivity contribution is 0.0951. The molecule has 23 heavy (non-hydrogen) atoms. The molecule has 1 aromatic heterocycles. The van der Waals surface area contributed by atoms with Crippen LogP contribution >= 0.6 is 0 Å². The molecule has 0 atom stereocenters. The monoisotopic (exact) mass is 306 g/mol. The Labute approximate surface area is 135 Å². The average molecular weight is 306 g/mol. The van der Waals surface area contributed by atoms with Crippen molar-refractivity contribution in [1.29, 1.82) is 0 Å². The maximum atomic E-state index is 12.8. The van der Waals surface area contributed by atoms with Gasteiger partial charge in [0.1, 0.15) is 0 Å². The van der Waals surface area contributed by atoms with Gasteiger partial charge in [-0.05, 0) is 31.0 Å². The number of benzene rings is 2. The number of aromatic nitrogens is 1. The zero-order valence-corrected chi connectivity index (χ0v) is 13.0. The van der Waals surface area contributed by atoms with E-state index in [0.29, 0.717) is 12.2 Å². The molecule has 3 aromatic rings. The van der Waals surface area contributed by atoms with Crippen molar-refractivity contribution >= 4 is 11.6 Å². The summed E-state index contributed by atoms with van der Waals surface area (Å²) in [6, 6.07) is 21.4. The third-order valence-electron chi connectivity index (χ3n) is 3.62. The van der Waals surface area contributed by atoms with Crippen LogP contribution in [0.1, 0.15) is 21.8 Å². The van der Waals surface area contributed by atoms with E-state index in [1.165, 1.54) is 5.56 Å². The van der Waals surface area contributed by atoms with Crippen molar-refractivity contribution in [3.8, 4) is 0 Å². The van der Waals surface area contributed by atoms with Crippen LogP contribution in [-0.4, -0.2) is 17.6 Å². The number of amides is 1. The summed E-state index contributed by atoms with van der Waals surface area (Å²) in [5, 5.41) is 3.81. The molecule has 0 bridgehead atoms. The molecule has 0 radical (unpaired) electrons. The Balaban J connectivity index is 1.83. The fourth-order valence-corrected chi connectivity index (χ4v) is 2.44. The number of anilines is 1. The van der Waals surface area contributed by atoms with Gasteiger partial charge in [-0.2, -0.15) is 0 Å². The Bertz CT molecular complexity index is 766. The Kier molecular flexibility index (Phi) is 4.52. The molecule has 0 N–H and O–H groups in total. The number of hydrogen-bond donors (Lipinski definition) is 0. The number of aryl methyl sites for hydroxylation is 1. The van der Waals surface area contributed by atoms with E-state index < -0.39 is 0 Å². The van der Waals surface area contributed by atoms with Gasteiger partial charge < -0.3 is 9.42 Å². The van der Waals surface area contributed by atoms with Crippen molar-refractivity contribution in [2.24, 2.45) is 0 Å². The second kappa shape index (κ2) is 6.92. The zero-order chi connectivity index (χ0) is 16.1. The molecule has 0 aliphatic heterocycles. The minimum Gasteiger partial charge on any atom is -0.351 e. The molecule has 2 aromatic carbocycles. The Hall–Kier alpha value is -2.88. The summed E-state index contributed by atoms with van der Waals surface area (Å²) in [5.74, 6) is 0.0899. The van der Waals surface area contributed by atoms with Crippen molar-refractivity contribution in [2.75, 3.05) is 11.4 Å². The third kappa shape index (κ3) is 3.66. The number of para-hydroxylation sites is 1. The highest BCUT2D eigenvalue weighted by atomic mass is 16.5. The van der Waals surface area contributed by atoms with Gasteiger partial charge in [0.25, 0.3) is 5.91 Å². The van der Waals surface area contributed by atoms with E-state index in [1.807, 2.05) is 48.5 Å². The van der Waals surface area contributed by atoms with Crippen LogP contribution < -0.4 is 4.90 Å². The number of hydrogen-bond acceptors (Lipinski definition) is 3. The van der Waals surface area contributed by atoms with E-state index in [4.69, 9.17) is 4.52 Å². The number of carbonyl (C=O) groups is 1.